The summed E-state index contributed by atoms with van der Waals surface area (Å²) in [5.41, 5.74) is 0.235. The van der Waals surface area contributed by atoms with Crippen LogP contribution in [0.1, 0.15) is 18.4 Å². The Hall–Kier alpha value is -2.72. The van der Waals surface area contributed by atoms with Crippen molar-refractivity contribution in [1.29, 1.82) is 0 Å². The van der Waals surface area contributed by atoms with E-state index in [1.54, 1.807) is 12.1 Å². The summed E-state index contributed by atoms with van der Waals surface area (Å²) in [5.74, 6) is 0.606. The van der Waals surface area contributed by atoms with Crippen molar-refractivity contribution >= 4 is 45.1 Å². The van der Waals surface area contributed by atoms with Gasteiger partial charge in [0.15, 0.2) is 0 Å². The van der Waals surface area contributed by atoms with E-state index in [1.165, 1.54) is 28.0 Å². The molecule has 29 heavy (non-hydrogen) atoms. The smallest absolute Gasteiger partial charge is 0.294 e. The molecule has 0 radical (unpaired) electrons. The average Bonchev–Trinajstić information content (AvgIpc) is 3.11. The summed E-state index contributed by atoms with van der Waals surface area (Å²) in [5, 5.41) is 17.0. The van der Waals surface area contributed by atoms with Crippen LogP contribution in [0.5, 0.6) is 0 Å². The van der Waals surface area contributed by atoms with Crippen molar-refractivity contribution in [3.63, 3.8) is 0 Å². The minimum absolute atomic E-state index is 0.00291. The molecule has 1 fully saturated rings. The number of rotatable bonds is 5. The molecule has 3 heterocycles. The molecule has 4 rings (SSSR count). The van der Waals surface area contributed by atoms with Crippen LogP contribution >= 0.6 is 22.9 Å². The summed E-state index contributed by atoms with van der Waals surface area (Å²) >= 11 is 7.68. The molecule has 9 nitrogen and oxygen atoms in total. The molecular weight excluding hydrogens is 416 g/mol. The van der Waals surface area contributed by atoms with Gasteiger partial charge in [0.05, 0.1) is 9.95 Å². The predicted octanol–water partition coefficient (Wildman–Crippen LogP) is 2.99. The summed E-state index contributed by atoms with van der Waals surface area (Å²) in [6, 6.07) is 6.19. The zero-order chi connectivity index (χ0) is 20.5. The van der Waals surface area contributed by atoms with E-state index < -0.39 is 4.92 Å². The number of nitro groups is 1. The Morgan fingerprint density at radius 3 is 2.66 bits per heavy atom. The van der Waals surface area contributed by atoms with Crippen LogP contribution in [0.15, 0.2) is 29.1 Å². The lowest BCUT2D eigenvalue weighted by Crippen LogP contribution is -2.47. The molecule has 11 heteroatoms. The minimum Gasteiger partial charge on any atom is -0.361 e. The Morgan fingerprint density at radius 2 is 1.97 bits per heavy atom. The second kappa shape index (κ2) is 7.96. The molecule has 2 aromatic heterocycles. The quantitative estimate of drug-likeness (QED) is 0.449. The third kappa shape index (κ3) is 3.77. The molecule has 152 valence electrons. The van der Waals surface area contributed by atoms with Crippen LogP contribution in [-0.2, 0) is 6.42 Å². The second-order valence-corrected chi connectivity index (χ2v) is 8.18. The Balaban J connectivity index is 1.56. The fraction of sp³-hybridized carbons (Fsp3) is 0.389. The number of hydrogen-bond acceptors (Lipinski definition) is 8. The molecule has 0 atom stereocenters. The van der Waals surface area contributed by atoms with Crippen LogP contribution in [0, 0.1) is 10.1 Å². The lowest BCUT2D eigenvalue weighted by atomic mass is 10.2. The summed E-state index contributed by atoms with van der Waals surface area (Å²) in [6.07, 6.45) is 1.77. The number of hydrogen-bond donors (Lipinski definition) is 0. The Labute approximate surface area is 175 Å². The van der Waals surface area contributed by atoms with Crippen LogP contribution < -0.4 is 15.4 Å². The summed E-state index contributed by atoms with van der Waals surface area (Å²) < 4.78 is 1.35. The maximum absolute atomic E-state index is 12.4. The molecular formula is C18H19ClN6O3S. The van der Waals surface area contributed by atoms with Crippen molar-refractivity contribution in [2.75, 3.05) is 36.0 Å². The lowest BCUT2D eigenvalue weighted by Gasteiger charge is -2.36. The first-order chi connectivity index (χ1) is 14.0. The van der Waals surface area contributed by atoms with Gasteiger partial charge in [0.25, 0.3) is 11.2 Å². The van der Waals surface area contributed by atoms with E-state index in [-0.39, 0.29) is 11.2 Å². The van der Waals surface area contributed by atoms with Crippen molar-refractivity contribution in [2.24, 2.45) is 0 Å². The highest BCUT2D eigenvalue weighted by molar-refractivity contribution is 7.16. The van der Waals surface area contributed by atoms with E-state index in [0.717, 1.165) is 17.8 Å². The second-order valence-electron chi connectivity index (χ2n) is 6.73. The van der Waals surface area contributed by atoms with Crippen LogP contribution in [0.3, 0.4) is 0 Å². The highest BCUT2D eigenvalue weighted by atomic mass is 35.5. The minimum atomic E-state index is -0.415. The Bertz CT molecular complexity index is 1120. The predicted molar refractivity (Wildman–Crippen MR) is 114 cm³/mol. The monoisotopic (exact) mass is 434 g/mol. The topological polar surface area (TPSA) is 96.9 Å². The Kier molecular flexibility index (Phi) is 5.37. The third-order valence-electron chi connectivity index (χ3n) is 4.82. The van der Waals surface area contributed by atoms with E-state index in [2.05, 4.69) is 17.0 Å². The van der Waals surface area contributed by atoms with Gasteiger partial charge < -0.3 is 9.80 Å². The number of aryl methyl sites for hydroxylation is 1. The van der Waals surface area contributed by atoms with Crippen LogP contribution in [0.4, 0.5) is 17.2 Å². The van der Waals surface area contributed by atoms with E-state index >= 15 is 0 Å². The maximum atomic E-state index is 12.4. The average molecular weight is 435 g/mol. The molecule has 0 amide bonds. The van der Waals surface area contributed by atoms with Crippen LogP contribution in [0.2, 0.25) is 5.02 Å². The number of para-hydroxylation sites is 1. The number of fused-ring (bicyclic) bond motifs is 1. The summed E-state index contributed by atoms with van der Waals surface area (Å²) in [4.78, 5) is 32.5. The standard InChI is InChI=1S/C18H19ClN6O3S/c1-2-4-15-21-24-16(26)11-14(20-18(24)29-15)22-7-9-23(10-8-22)17-12(19)5-3-6-13(17)25(27)28/h3,5-6,11H,2,4,7-10H2,1H3. The fourth-order valence-corrected chi connectivity index (χ4v) is 4.72. The van der Waals surface area contributed by atoms with E-state index in [9.17, 15) is 14.9 Å². The molecule has 1 aliphatic rings. The van der Waals surface area contributed by atoms with Crippen LogP contribution in [-0.4, -0.2) is 45.7 Å². The molecule has 0 spiro atoms. The van der Waals surface area contributed by atoms with Gasteiger partial charge in [-0.15, -0.1) is 0 Å². The van der Waals surface area contributed by atoms with E-state index in [0.29, 0.717) is 47.7 Å². The summed E-state index contributed by atoms with van der Waals surface area (Å²) in [7, 11) is 0. The highest BCUT2D eigenvalue weighted by Gasteiger charge is 2.27. The van der Waals surface area contributed by atoms with Gasteiger partial charge in [-0.05, 0) is 12.5 Å². The first kappa shape index (κ1) is 19.6. The molecule has 1 saturated heterocycles. The SMILES string of the molecule is CCCc1nn2c(=O)cc(N3CCN(c4c(Cl)cccc4[N+](=O)[O-])CC3)nc2s1. The highest BCUT2D eigenvalue weighted by Crippen LogP contribution is 2.36. The lowest BCUT2D eigenvalue weighted by molar-refractivity contribution is -0.384. The number of benzene rings is 1. The number of piperazine rings is 1. The third-order valence-corrected chi connectivity index (χ3v) is 6.09. The molecule has 1 aromatic carbocycles. The molecule has 0 N–H and O–H groups in total. The molecule has 0 saturated carbocycles. The number of nitrogens with zero attached hydrogens (tertiary/aromatic N) is 6. The zero-order valence-corrected chi connectivity index (χ0v) is 17.3. The van der Waals surface area contributed by atoms with Gasteiger partial charge in [-0.3, -0.25) is 14.9 Å². The van der Waals surface area contributed by atoms with Crippen molar-refractivity contribution in [3.05, 3.63) is 54.8 Å². The largest absolute Gasteiger partial charge is 0.361 e. The fourth-order valence-electron chi connectivity index (χ4n) is 3.44. The van der Waals surface area contributed by atoms with Crippen molar-refractivity contribution in [3.8, 4) is 0 Å². The first-order valence-corrected chi connectivity index (χ1v) is 10.5. The van der Waals surface area contributed by atoms with Gasteiger partial charge >= 0.3 is 0 Å². The van der Waals surface area contributed by atoms with E-state index in [4.69, 9.17) is 11.6 Å². The molecule has 0 aliphatic carbocycles. The number of halogens is 1. The molecule has 3 aromatic rings. The van der Waals surface area contributed by atoms with Crippen molar-refractivity contribution in [2.45, 2.75) is 19.8 Å². The van der Waals surface area contributed by atoms with Gasteiger partial charge in [0.1, 0.15) is 16.5 Å². The van der Waals surface area contributed by atoms with Gasteiger partial charge in [-0.1, -0.05) is 35.9 Å². The van der Waals surface area contributed by atoms with Crippen molar-refractivity contribution in [1.82, 2.24) is 14.6 Å². The van der Waals surface area contributed by atoms with Crippen molar-refractivity contribution < 1.29 is 4.92 Å². The van der Waals surface area contributed by atoms with Gasteiger partial charge in [-0.2, -0.15) is 9.61 Å². The number of aromatic nitrogens is 3. The molecule has 1 aliphatic heterocycles. The first-order valence-electron chi connectivity index (χ1n) is 9.30. The van der Waals surface area contributed by atoms with E-state index in [1.807, 2.05) is 9.80 Å². The number of anilines is 2. The van der Waals surface area contributed by atoms with Gasteiger partial charge in [0.2, 0.25) is 4.96 Å². The summed E-state index contributed by atoms with van der Waals surface area (Å²) in [6.45, 7) is 4.29. The molecule has 0 unspecified atom stereocenters. The Morgan fingerprint density at radius 1 is 1.24 bits per heavy atom. The zero-order valence-electron chi connectivity index (χ0n) is 15.7. The maximum Gasteiger partial charge on any atom is 0.294 e. The molecule has 0 bridgehead atoms. The van der Waals surface area contributed by atoms with Crippen LogP contribution in [0.25, 0.3) is 4.96 Å². The number of nitro benzene ring substituents is 1. The van der Waals surface area contributed by atoms with Gasteiger partial charge in [0, 0.05) is 44.7 Å². The van der Waals surface area contributed by atoms with Gasteiger partial charge in [-0.25, -0.2) is 4.98 Å². The normalized spacial score (nSPS) is 14.6.